The summed E-state index contributed by atoms with van der Waals surface area (Å²) in [6, 6.07) is 11.1. The average molecular weight is 396 g/mol. The predicted molar refractivity (Wildman–Crippen MR) is 113 cm³/mol. The first-order chi connectivity index (χ1) is 14.0. The fourth-order valence-electron chi connectivity index (χ4n) is 3.63. The molecule has 2 aromatic carbocycles. The number of piperidine rings is 1. The molecule has 0 spiro atoms. The summed E-state index contributed by atoms with van der Waals surface area (Å²) in [5, 5.41) is 2.90. The Morgan fingerprint density at radius 1 is 1.00 bits per heavy atom. The Labute approximate surface area is 171 Å². The number of aryl methyl sites for hydroxylation is 1. The van der Waals surface area contributed by atoms with Crippen LogP contribution in [0.1, 0.15) is 40.7 Å². The van der Waals surface area contributed by atoms with Crippen LogP contribution in [0.3, 0.4) is 0 Å². The normalized spacial score (nSPS) is 13.7. The zero-order valence-corrected chi connectivity index (χ0v) is 17.3. The third kappa shape index (κ3) is 5.08. The average Bonchev–Trinajstić information content (AvgIpc) is 2.73. The van der Waals surface area contributed by atoms with Gasteiger partial charge in [0.05, 0.1) is 31.9 Å². The van der Waals surface area contributed by atoms with Gasteiger partial charge in [-0.2, -0.15) is 0 Å². The van der Waals surface area contributed by atoms with E-state index in [1.165, 1.54) is 14.2 Å². The molecule has 1 fully saturated rings. The van der Waals surface area contributed by atoms with Gasteiger partial charge in [-0.25, -0.2) is 0 Å². The van der Waals surface area contributed by atoms with Crippen LogP contribution in [0.25, 0.3) is 0 Å². The number of likely N-dealkylation sites (tertiary alicyclic amines) is 1. The second kappa shape index (κ2) is 9.45. The summed E-state index contributed by atoms with van der Waals surface area (Å²) >= 11 is 0. The fourth-order valence-corrected chi connectivity index (χ4v) is 3.63. The Morgan fingerprint density at radius 3 is 2.34 bits per heavy atom. The van der Waals surface area contributed by atoms with Crippen molar-refractivity contribution >= 4 is 17.5 Å². The van der Waals surface area contributed by atoms with E-state index in [0.29, 0.717) is 22.7 Å². The number of nitrogens with zero attached hydrogens (tertiary/aromatic N) is 1. The highest BCUT2D eigenvalue weighted by Crippen LogP contribution is 2.34. The lowest BCUT2D eigenvalue weighted by Crippen LogP contribution is -2.36. The van der Waals surface area contributed by atoms with Gasteiger partial charge in [0.1, 0.15) is 0 Å². The molecule has 0 atom stereocenters. The molecule has 0 aromatic heterocycles. The number of rotatable bonds is 6. The van der Waals surface area contributed by atoms with Gasteiger partial charge >= 0.3 is 0 Å². The second-order valence-electron chi connectivity index (χ2n) is 7.32. The van der Waals surface area contributed by atoms with Crippen LogP contribution < -0.4 is 14.8 Å². The van der Waals surface area contributed by atoms with E-state index in [0.717, 1.165) is 43.5 Å². The van der Waals surface area contributed by atoms with E-state index in [9.17, 15) is 9.59 Å². The summed E-state index contributed by atoms with van der Waals surface area (Å²) in [4.78, 5) is 27.7. The maximum Gasteiger partial charge on any atom is 0.256 e. The van der Waals surface area contributed by atoms with Gasteiger partial charge in [-0.15, -0.1) is 0 Å². The molecule has 3 rings (SSSR count). The van der Waals surface area contributed by atoms with Gasteiger partial charge in [0.2, 0.25) is 5.91 Å². The van der Waals surface area contributed by atoms with Gasteiger partial charge < -0.3 is 19.7 Å². The van der Waals surface area contributed by atoms with Crippen LogP contribution in [-0.4, -0.2) is 44.0 Å². The lowest BCUT2D eigenvalue weighted by molar-refractivity contribution is -0.115. The largest absolute Gasteiger partial charge is 0.493 e. The summed E-state index contributed by atoms with van der Waals surface area (Å²) in [7, 11) is 3.06. The smallest absolute Gasteiger partial charge is 0.256 e. The van der Waals surface area contributed by atoms with Crippen molar-refractivity contribution in [2.75, 3.05) is 32.6 Å². The molecule has 1 N–H and O–H groups in total. The highest BCUT2D eigenvalue weighted by atomic mass is 16.5. The van der Waals surface area contributed by atoms with E-state index in [-0.39, 0.29) is 18.2 Å². The molecule has 29 heavy (non-hydrogen) atoms. The molecule has 2 aromatic rings. The highest BCUT2D eigenvalue weighted by Gasteiger charge is 2.24. The first kappa shape index (κ1) is 20.7. The van der Waals surface area contributed by atoms with E-state index in [4.69, 9.17) is 9.47 Å². The van der Waals surface area contributed by atoms with E-state index in [1.54, 1.807) is 12.1 Å². The molecule has 0 radical (unpaired) electrons. The van der Waals surface area contributed by atoms with E-state index in [1.807, 2.05) is 36.1 Å². The number of anilines is 1. The Bertz CT molecular complexity index is 888. The molecular formula is C23H28N2O4. The molecule has 6 nitrogen and oxygen atoms in total. The maximum atomic E-state index is 13.2. The van der Waals surface area contributed by atoms with E-state index < -0.39 is 0 Å². The van der Waals surface area contributed by atoms with Crippen LogP contribution >= 0.6 is 0 Å². The second-order valence-corrected chi connectivity index (χ2v) is 7.32. The first-order valence-electron chi connectivity index (χ1n) is 9.92. The van der Waals surface area contributed by atoms with Crippen LogP contribution in [0.15, 0.2) is 36.4 Å². The molecule has 0 bridgehead atoms. The predicted octanol–water partition coefficient (Wildman–Crippen LogP) is 3.82. The minimum atomic E-state index is -0.185. The first-order valence-corrected chi connectivity index (χ1v) is 9.92. The van der Waals surface area contributed by atoms with Crippen molar-refractivity contribution in [3.8, 4) is 11.5 Å². The van der Waals surface area contributed by atoms with Crippen LogP contribution in [0.2, 0.25) is 0 Å². The number of hydrogen-bond donors (Lipinski definition) is 1. The monoisotopic (exact) mass is 396 g/mol. The van der Waals surface area contributed by atoms with Crippen LogP contribution in [0.5, 0.6) is 11.5 Å². The lowest BCUT2D eigenvalue weighted by atomic mass is 10.1. The van der Waals surface area contributed by atoms with Crippen molar-refractivity contribution < 1.29 is 19.1 Å². The van der Waals surface area contributed by atoms with Gasteiger partial charge in [-0.1, -0.05) is 29.8 Å². The van der Waals surface area contributed by atoms with Crippen molar-refractivity contribution in [3.05, 3.63) is 53.1 Å². The Morgan fingerprint density at radius 2 is 1.69 bits per heavy atom. The quantitative estimate of drug-likeness (QED) is 0.806. The molecule has 2 amide bonds. The molecular weight excluding hydrogens is 368 g/mol. The number of benzene rings is 2. The van der Waals surface area contributed by atoms with Gasteiger partial charge in [0.15, 0.2) is 11.5 Å². The SMILES string of the molecule is COc1cc(NC(=O)Cc2cccc(C)c2)c(C(=O)N2CCCCC2)cc1OC. The third-order valence-electron chi connectivity index (χ3n) is 5.12. The fraction of sp³-hybridized carbons (Fsp3) is 0.391. The van der Waals surface area contributed by atoms with Crippen molar-refractivity contribution in [1.29, 1.82) is 0 Å². The number of hydrogen-bond acceptors (Lipinski definition) is 4. The van der Waals surface area contributed by atoms with Crippen LogP contribution in [0, 0.1) is 6.92 Å². The number of carbonyl (C=O) groups excluding carboxylic acids is 2. The minimum absolute atomic E-state index is 0.100. The zero-order valence-electron chi connectivity index (χ0n) is 17.3. The molecule has 0 saturated carbocycles. The molecule has 6 heteroatoms. The summed E-state index contributed by atoms with van der Waals surface area (Å²) in [6.45, 7) is 3.44. The number of amides is 2. The summed E-state index contributed by atoms with van der Waals surface area (Å²) in [5.41, 5.74) is 2.88. The van der Waals surface area contributed by atoms with E-state index >= 15 is 0 Å². The molecule has 154 valence electrons. The molecule has 1 aliphatic rings. The van der Waals surface area contributed by atoms with Crippen LogP contribution in [-0.2, 0) is 11.2 Å². The van der Waals surface area contributed by atoms with Crippen molar-refractivity contribution in [2.45, 2.75) is 32.6 Å². The van der Waals surface area contributed by atoms with Crippen molar-refractivity contribution in [2.24, 2.45) is 0 Å². The lowest BCUT2D eigenvalue weighted by Gasteiger charge is -2.28. The van der Waals surface area contributed by atoms with Crippen LogP contribution in [0.4, 0.5) is 5.69 Å². The summed E-state index contributed by atoms with van der Waals surface area (Å²) < 4.78 is 10.7. The van der Waals surface area contributed by atoms with E-state index in [2.05, 4.69) is 5.32 Å². The van der Waals surface area contributed by atoms with Gasteiger partial charge in [0, 0.05) is 19.2 Å². The van der Waals surface area contributed by atoms with Gasteiger partial charge in [-0.3, -0.25) is 9.59 Å². The molecule has 1 saturated heterocycles. The zero-order chi connectivity index (χ0) is 20.8. The number of ether oxygens (including phenoxy) is 2. The van der Waals surface area contributed by atoms with Gasteiger partial charge in [-0.05, 0) is 37.8 Å². The number of methoxy groups -OCH3 is 2. The van der Waals surface area contributed by atoms with Crippen molar-refractivity contribution in [3.63, 3.8) is 0 Å². The number of nitrogens with one attached hydrogen (secondary N) is 1. The molecule has 0 unspecified atom stereocenters. The molecule has 0 aliphatic carbocycles. The highest BCUT2D eigenvalue weighted by molar-refractivity contribution is 6.05. The number of carbonyl (C=O) groups is 2. The maximum absolute atomic E-state index is 13.2. The molecule has 1 aliphatic heterocycles. The Kier molecular flexibility index (Phi) is 6.75. The molecule has 1 heterocycles. The summed E-state index contributed by atoms with van der Waals surface area (Å²) in [6.07, 6.45) is 3.35. The van der Waals surface area contributed by atoms with Crippen molar-refractivity contribution in [1.82, 2.24) is 4.90 Å². The Balaban J connectivity index is 1.88. The minimum Gasteiger partial charge on any atom is -0.493 e. The topological polar surface area (TPSA) is 67.9 Å². The summed E-state index contributed by atoms with van der Waals surface area (Å²) in [5.74, 6) is 0.644. The standard InChI is InChI=1S/C23H28N2O4/c1-16-8-7-9-17(12-16)13-22(26)24-19-15-21(29-3)20(28-2)14-18(19)23(27)25-10-5-4-6-11-25/h7-9,12,14-15H,4-6,10-11,13H2,1-3H3,(H,24,26). The van der Waals surface area contributed by atoms with Gasteiger partial charge in [0.25, 0.3) is 5.91 Å². The Hall–Kier alpha value is -3.02. The third-order valence-corrected chi connectivity index (χ3v) is 5.12.